The van der Waals surface area contributed by atoms with E-state index in [9.17, 15) is 10.1 Å². The fourth-order valence-electron chi connectivity index (χ4n) is 3.85. The highest BCUT2D eigenvalue weighted by Crippen LogP contribution is 2.38. The van der Waals surface area contributed by atoms with Crippen LogP contribution in [0.1, 0.15) is 32.0 Å². The second-order valence-electron chi connectivity index (χ2n) is 9.71. The van der Waals surface area contributed by atoms with Gasteiger partial charge in [-0.2, -0.15) is 10.4 Å². The van der Waals surface area contributed by atoms with Crippen LogP contribution in [0.3, 0.4) is 0 Å². The van der Waals surface area contributed by atoms with Gasteiger partial charge in [0.1, 0.15) is 18.2 Å². The fourth-order valence-corrected chi connectivity index (χ4v) is 3.85. The number of ether oxygens (including phenoxy) is 2. The van der Waals surface area contributed by atoms with E-state index < -0.39 is 6.03 Å². The number of hydrogen-bond acceptors (Lipinski definition) is 7. The summed E-state index contributed by atoms with van der Waals surface area (Å²) in [6, 6.07) is 19.4. The van der Waals surface area contributed by atoms with Crippen molar-refractivity contribution in [2.75, 3.05) is 29.1 Å². The van der Waals surface area contributed by atoms with Gasteiger partial charge in [0.05, 0.1) is 29.6 Å². The fraction of sp³-hybridized carbons (Fsp3) is 0.214. The number of anilines is 3. The Kier molecular flexibility index (Phi) is 6.58. The normalized spacial score (nSPS) is 12.4. The van der Waals surface area contributed by atoms with Gasteiger partial charge in [-0.3, -0.25) is 5.32 Å². The Bertz CT molecular complexity index is 1510. The number of nitrogens with one attached hydrogen (secondary N) is 3. The minimum atomic E-state index is -0.431. The largest absolute Gasteiger partial charge is 0.485 e. The van der Waals surface area contributed by atoms with Crippen LogP contribution >= 0.6 is 0 Å². The topological polar surface area (TPSA) is 126 Å². The molecular formula is C28H27N7O3. The van der Waals surface area contributed by atoms with E-state index in [0.717, 1.165) is 5.69 Å². The molecule has 2 aromatic heterocycles. The standard InChI is InChI=1S/C28H27N7O3/c1-28(2,3)23-16-24(35(34-23)20-6-4-5-18(15-20)17-29)33-27(36)32-19-7-9-21(10-8-19)38-22-11-12-30-26-25(22)37-14-13-31-26/h4-12,15-16H,13-14H2,1-3H3,(H,30,31)(H2,32,33,36). The quantitative estimate of drug-likeness (QED) is 0.316. The van der Waals surface area contributed by atoms with E-state index in [1.807, 2.05) is 32.9 Å². The molecule has 1 aliphatic heterocycles. The maximum absolute atomic E-state index is 12.9. The highest BCUT2D eigenvalue weighted by atomic mass is 16.5. The van der Waals surface area contributed by atoms with Crippen molar-refractivity contribution in [1.82, 2.24) is 14.8 Å². The van der Waals surface area contributed by atoms with Crippen LogP contribution in [0.5, 0.6) is 17.2 Å². The predicted octanol–water partition coefficient (Wildman–Crippen LogP) is 5.68. The average Bonchev–Trinajstić information content (AvgIpc) is 3.34. The number of carbonyl (C=O) groups is 1. The summed E-state index contributed by atoms with van der Waals surface area (Å²) in [7, 11) is 0. The van der Waals surface area contributed by atoms with Crippen molar-refractivity contribution in [2.24, 2.45) is 0 Å². The first kappa shape index (κ1) is 24.6. The first-order valence-electron chi connectivity index (χ1n) is 12.1. The molecule has 0 fully saturated rings. The molecule has 10 heteroatoms. The van der Waals surface area contributed by atoms with Crippen molar-refractivity contribution in [3.8, 4) is 29.0 Å². The number of nitrogens with zero attached hydrogens (tertiary/aromatic N) is 4. The Morgan fingerprint density at radius 3 is 2.71 bits per heavy atom. The number of nitriles is 1. The van der Waals surface area contributed by atoms with Gasteiger partial charge in [-0.15, -0.1) is 0 Å². The first-order chi connectivity index (χ1) is 18.3. The number of amides is 2. The number of rotatable bonds is 5. The van der Waals surface area contributed by atoms with Gasteiger partial charge < -0.3 is 20.1 Å². The molecule has 192 valence electrons. The molecule has 5 rings (SSSR count). The number of aromatic nitrogens is 3. The number of fused-ring (bicyclic) bond motifs is 1. The van der Waals surface area contributed by atoms with Crippen molar-refractivity contribution in [3.05, 3.63) is 78.1 Å². The molecule has 10 nitrogen and oxygen atoms in total. The lowest BCUT2D eigenvalue weighted by Gasteiger charge is -2.20. The van der Waals surface area contributed by atoms with E-state index in [-0.39, 0.29) is 5.41 Å². The zero-order valence-electron chi connectivity index (χ0n) is 21.3. The van der Waals surface area contributed by atoms with Crippen LogP contribution in [0.25, 0.3) is 5.69 Å². The van der Waals surface area contributed by atoms with E-state index in [2.05, 4.69) is 27.0 Å². The van der Waals surface area contributed by atoms with Crippen molar-refractivity contribution < 1.29 is 14.3 Å². The van der Waals surface area contributed by atoms with Gasteiger partial charge in [-0.1, -0.05) is 26.8 Å². The highest BCUT2D eigenvalue weighted by molar-refractivity contribution is 5.99. The molecule has 0 bridgehead atoms. The van der Waals surface area contributed by atoms with Crippen molar-refractivity contribution in [3.63, 3.8) is 0 Å². The molecular weight excluding hydrogens is 482 g/mol. The summed E-state index contributed by atoms with van der Waals surface area (Å²) < 4.78 is 13.3. The monoisotopic (exact) mass is 509 g/mol. The third-order valence-corrected chi connectivity index (χ3v) is 5.79. The predicted molar refractivity (Wildman–Crippen MR) is 144 cm³/mol. The highest BCUT2D eigenvalue weighted by Gasteiger charge is 2.22. The van der Waals surface area contributed by atoms with Crippen LogP contribution in [-0.4, -0.2) is 33.9 Å². The molecule has 0 aliphatic carbocycles. The van der Waals surface area contributed by atoms with Gasteiger partial charge in [0.25, 0.3) is 0 Å². The number of carbonyl (C=O) groups excluding carboxylic acids is 1. The van der Waals surface area contributed by atoms with E-state index in [0.29, 0.717) is 59.0 Å². The smallest absolute Gasteiger partial charge is 0.324 e. The molecule has 2 amide bonds. The Labute approximate surface area is 220 Å². The van der Waals surface area contributed by atoms with Gasteiger partial charge in [0.2, 0.25) is 5.75 Å². The maximum Gasteiger partial charge on any atom is 0.324 e. The molecule has 0 saturated carbocycles. The third kappa shape index (κ3) is 5.37. The molecule has 1 aliphatic rings. The Morgan fingerprint density at radius 1 is 1.13 bits per heavy atom. The SMILES string of the molecule is CC(C)(C)c1cc(NC(=O)Nc2ccc(Oc3ccnc4c3OCCN4)cc2)n(-c2cccc(C#N)c2)n1. The third-order valence-electron chi connectivity index (χ3n) is 5.79. The molecule has 0 unspecified atom stereocenters. The van der Waals surface area contributed by atoms with Gasteiger partial charge >= 0.3 is 6.03 Å². The molecule has 0 spiro atoms. The van der Waals surface area contributed by atoms with Crippen molar-refractivity contribution >= 4 is 23.4 Å². The van der Waals surface area contributed by atoms with E-state index >= 15 is 0 Å². The van der Waals surface area contributed by atoms with Gasteiger partial charge in [0.15, 0.2) is 11.6 Å². The second kappa shape index (κ2) is 10.1. The minimum absolute atomic E-state index is 0.240. The van der Waals surface area contributed by atoms with Crippen LogP contribution in [0.15, 0.2) is 66.9 Å². The van der Waals surface area contributed by atoms with Crippen LogP contribution in [0, 0.1) is 11.3 Å². The lowest BCUT2D eigenvalue weighted by Crippen LogP contribution is -2.21. The number of urea groups is 1. The van der Waals surface area contributed by atoms with E-state index in [4.69, 9.17) is 14.6 Å². The summed E-state index contributed by atoms with van der Waals surface area (Å²) in [5, 5.41) is 22.9. The van der Waals surface area contributed by atoms with Crippen LogP contribution in [0.2, 0.25) is 0 Å². The molecule has 3 N–H and O–H groups in total. The van der Waals surface area contributed by atoms with Crippen molar-refractivity contribution in [2.45, 2.75) is 26.2 Å². The Balaban J connectivity index is 1.30. The summed E-state index contributed by atoms with van der Waals surface area (Å²) in [6.07, 6.45) is 1.66. The van der Waals surface area contributed by atoms with Crippen LogP contribution in [0.4, 0.5) is 22.1 Å². The zero-order chi connectivity index (χ0) is 26.7. The maximum atomic E-state index is 12.9. The van der Waals surface area contributed by atoms with Gasteiger partial charge in [0, 0.05) is 29.4 Å². The summed E-state index contributed by atoms with van der Waals surface area (Å²) in [4.78, 5) is 17.2. The lowest BCUT2D eigenvalue weighted by molar-refractivity contribution is 0.262. The van der Waals surface area contributed by atoms with Crippen LogP contribution < -0.4 is 25.4 Å². The molecule has 3 heterocycles. The minimum Gasteiger partial charge on any atom is -0.485 e. The van der Waals surface area contributed by atoms with Gasteiger partial charge in [-0.25, -0.2) is 14.5 Å². The van der Waals surface area contributed by atoms with E-state index in [1.165, 1.54) is 0 Å². The van der Waals surface area contributed by atoms with Crippen molar-refractivity contribution in [1.29, 1.82) is 5.26 Å². The van der Waals surface area contributed by atoms with Crippen LogP contribution in [-0.2, 0) is 5.41 Å². The average molecular weight is 510 g/mol. The summed E-state index contributed by atoms with van der Waals surface area (Å²) >= 11 is 0. The molecule has 0 atom stereocenters. The summed E-state index contributed by atoms with van der Waals surface area (Å²) in [6.45, 7) is 7.36. The summed E-state index contributed by atoms with van der Waals surface area (Å²) in [5.41, 5.74) is 2.32. The Morgan fingerprint density at radius 2 is 1.95 bits per heavy atom. The second-order valence-corrected chi connectivity index (χ2v) is 9.71. The van der Waals surface area contributed by atoms with Gasteiger partial charge in [-0.05, 0) is 42.5 Å². The Hall–Kier alpha value is -5.04. The first-order valence-corrected chi connectivity index (χ1v) is 12.1. The zero-order valence-corrected chi connectivity index (χ0v) is 21.3. The molecule has 38 heavy (non-hydrogen) atoms. The van der Waals surface area contributed by atoms with E-state index in [1.54, 1.807) is 59.4 Å². The number of benzene rings is 2. The molecule has 0 radical (unpaired) electrons. The summed E-state index contributed by atoms with van der Waals surface area (Å²) in [5.74, 6) is 2.86. The number of hydrogen-bond donors (Lipinski definition) is 3. The lowest BCUT2D eigenvalue weighted by atomic mass is 9.92. The molecule has 0 saturated heterocycles. The molecule has 2 aromatic carbocycles. The number of pyridine rings is 1. The molecule has 4 aromatic rings.